The second-order valence-corrected chi connectivity index (χ2v) is 4.54. The molecule has 0 saturated carbocycles. The molecule has 1 aromatic carbocycles. The zero-order valence-electron chi connectivity index (χ0n) is 9.36. The summed E-state index contributed by atoms with van der Waals surface area (Å²) in [6.45, 7) is 3.93. The number of likely N-dealkylation sites (N-methyl/N-ethyl adjacent to an activating group) is 1. The smallest absolute Gasteiger partial charge is 0.134 e. The second kappa shape index (κ2) is 4.15. The van der Waals surface area contributed by atoms with Crippen molar-refractivity contribution >= 4 is 5.78 Å². The molecule has 1 aromatic rings. The minimum atomic E-state index is 0.234. The Kier molecular flexibility index (Phi) is 2.87. The largest absolute Gasteiger partial charge is 0.305 e. The number of benzene rings is 1. The summed E-state index contributed by atoms with van der Waals surface area (Å²) in [4.78, 5) is 13.3. The van der Waals surface area contributed by atoms with E-state index in [2.05, 4.69) is 30.1 Å². The lowest BCUT2D eigenvalue weighted by atomic mass is 9.90. The molecule has 0 N–H and O–H groups in total. The van der Waals surface area contributed by atoms with Crippen molar-refractivity contribution in [1.29, 1.82) is 0 Å². The van der Waals surface area contributed by atoms with Crippen LogP contribution in [-0.2, 0) is 11.2 Å². The summed E-state index contributed by atoms with van der Waals surface area (Å²) in [5, 5.41) is 0. The SMILES string of the molecule is CC(=O)Cc1cccc(C2CN(C)C2)c1. The van der Waals surface area contributed by atoms with E-state index in [0.29, 0.717) is 12.3 Å². The average molecular weight is 203 g/mol. The Balaban J connectivity index is 2.09. The fourth-order valence-corrected chi connectivity index (χ4v) is 2.15. The first kappa shape index (κ1) is 10.4. The monoisotopic (exact) mass is 203 g/mol. The van der Waals surface area contributed by atoms with Crippen LogP contribution in [-0.4, -0.2) is 30.8 Å². The Morgan fingerprint density at radius 3 is 2.80 bits per heavy atom. The molecular formula is C13H17NO. The molecule has 0 atom stereocenters. The fraction of sp³-hybridized carbons (Fsp3) is 0.462. The first-order valence-corrected chi connectivity index (χ1v) is 5.42. The number of rotatable bonds is 3. The van der Waals surface area contributed by atoms with E-state index in [-0.39, 0.29) is 5.78 Å². The van der Waals surface area contributed by atoms with Crippen LogP contribution in [0.2, 0.25) is 0 Å². The number of hydrogen-bond donors (Lipinski definition) is 0. The third-order valence-corrected chi connectivity index (χ3v) is 2.94. The van der Waals surface area contributed by atoms with E-state index in [0.717, 1.165) is 18.7 Å². The number of carbonyl (C=O) groups is 1. The fourth-order valence-electron chi connectivity index (χ4n) is 2.15. The highest BCUT2D eigenvalue weighted by Crippen LogP contribution is 2.26. The summed E-state index contributed by atoms with van der Waals surface area (Å²) >= 11 is 0. The van der Waals surface area contributed by atoms with Crippen LogP contribution < -0.4 is 0 Å². The number of ketones is 1. The third-order valence-electron chi connectivity index (χ3n) is 2.94. The molecule has 2 rings (SSSR count). The van der Waals surface area contributed by atoms with Gasteiger partial charge in [0.05, 0.1) is 0 Å². The summed E-state index contributed by atoms with van der Waals surface area (Å²) in [7, 11) is 2.13. The van der Waals surface area contributed by atoms with Crippen LogP contribution in [0.3, 0.4) is 0 Å². The second-order valence-electron chi connectivity index (χ2n) is 4.54. The normalized spacial score (nSPS) is 17.5. The summed E-state index contributed by atoms with van der Waals surface area (Å²) in [5.74, 6) is 0.903. The first-order valence-electron chi connectivity index (χ1n) is 5.42. The van der Waals surface area contributed by atoms with E-state index in [4.69, 9.17) is 0 Å². The van der Waals surface area contributed by atoms with Gasteiger partial charge in [0.15, 0.2) is 0 Å². The molecule has 80 valence electrons. The van der Waals surface area contributed by atoms with E-state index >= 15 is 0 Å². The molecule has 0 amide bonds. The van der Waals surface area contributed by atoms with E-state index in [1.807, 2.05) is 6.07 Å². The quantitative estimate of drug-likeness (QED) is 0.747. The van der Waals surface area contributed by atoms with Crippen LogP contribution in [0.4, 0.5) is 0 Å². The topological polar surface area (TPSA) is 20.3 Å². The van der Waals surface area contributed by atoms with Crippen LogP contribution in [0.25, 0.3) is 0 Å². The van der Waals surface area contributed by atoms with Gasteiger partial charge in [-0.1, -0.05) is 24.3 Å². The molecule has 0 unspecified atom stereocenters. The van der Waals surface area contributed by atoms with Gasteiger partial charge < -0.3 is 4.90 Å². The van der Waals surface area contributed by atoms with Crippen LogP contribution >= 0.6 is 0 Å². The van der Waals surface area contributed by atoms with Gasteiger partial charge in [0, 0.05) is 25.4 Å². The Morgan fingerprint density at radius 1 is 1.47 bits per heavy atom. The van der Waals surface area contributed by atoms with Gasteiger partial charge >= 0.3 is 0 Å². The van der Waals surface area contributed by atoms with Gasteiger partial charge in [-0.15, -0.1) is 0 Å². The van der Waals surface area contributed by atoms with Crippen LogP contribution in [0.1, 0.15) is 24.0 Å². The summed E-state index contributed by atoms with van der Waals surface area (Å²) in [6.07, 6.45) is 0.566. The molecule has 1 aliphatic rings. The van der Waals surface area contributed by atoms with Gasteiger partial charge in [-0.25, -0.2) is 0 Å². The Labute approximate surface area is 90.9 Å². The van der Waals surface area contributed by atoms with Gasteiger partial charge in [0.1, 0.15) is 5.78 Å². The maximum absolute atomic E-state index is 11.0. The molecular weight excluding hydrogens is 186 g/mol. The zero-order valence-corrected chi connectivity index (χ0v) is 9.36. The molecule has 15 heavy (non-hydrogen) atoms. The minimum Gasteiger partial charge on any atom is -0.305 e. The van der Waals surface area contributed by atoms with Crippen molar-refractivity contribution in [2.75, 3.05) is 20.1 Å². The Bertz CT molecular complexity index is 367. The number of hydrogen-bond acceptors (Lipinski definition) is 2. The zero-order chi connectivity index (χ0) is 10.8. The van der Waals surface area contributed by atoms with Crippen LogP contribution in [0, 0.1) is 0 Å². The minimum absolute atomic E-state index is 0.234. The summed E-state index contributed by atoms with van der Waals surface area (Å²) < 4.78 is 0. The highest BCUT2D eigenvalue weighted by Gasteiger charge is 2.24. The molecule has 1 saturated heterocycles. The van der Waals surface area contributed by atoms with Crippen LogP contribution in [0.5, 0.6) is 0 Å². The predicted octanol–water partition coefficient (Wildman–Crippen LogP) is 1.85. The van der Waals surface area contributed by atoms with Crippen molar-refractivity contribution in [2.24, 2.45) is 0 Å². The maximum atomic E-state index is 11.0. The number of carbonyl (C=O) groups excluding carboxylic acids is 1. The highest BCUT2D eigenvalue weighted by molar-refractivity contribution is 5.78. The molecule has 2 heteroatoms. The van der Waals surface area contributed by atoms with E-state index in [1.165, 1.54) is 5.56 Å². The lowest BCUT2D eigenvalue weighted by Gasteiger charge is -2.36. The Morgan fingerprint density at radius 2 is 2.20 bits per heavy atom. The van der Waals surface area contributed by atoms with Gasteiger partial charge in [0.2, 0.25) is 0 Å². The molecule has 0 bridgehead atoms. The lowest BCUT2D eigenvalue weighted by molar-refractivity contribution is -0.116. The molecule has 0 aromatic heterocycles. The molecule has 0 radical (unpaired) electrons. The van der Waals surface area contributed by atoms with Gasteiger partial charge in [-0.3, -0.25) is 4.79 Å². The molecule has 0 spiro atoms. The third kappa shape index (κ3) is 2.45. The summed E-state index contributed by atoms with van der Waals surface area (Å²) in [6, 6.07) is 8.44. The number of likely N-dealkylation sites (tertiary alicyclic amines) is 1. The van der Waals surface area contributed by atoms with Gasteiger partial charge in [-0.2, -0.15) is 0 Å². The molecule has 2 nitrogen and oxygen atoms in total. The van der Waals surface area contributed by atoms with Gasteiger partial charge in [0.25, 0.3) is 0 Å². The van der Waals surface area contributed by atoms with Crippen molar-refractivity contribution in [1.82, 2.24) is 4.90 Å². The highest BCUT2D eigenvalue weighted by atomic mass is 16.1. The maximum Gasteiger partial charge on any atom is 0.134 e. The number of Topliss-reactive ketones (excluding diaryl/α,β-unsaturated/α-hetero) is 1. The van der Waals surface area contributed by atoms with Gasteiger partial charge in [-0.05, 0) is 25.1 Å². The van der Waals surface area contributed by atoms with E-state index in [9.17, 15) is 4.79 Å². The number of nitrogens with zero attached hydrogens (tertiary/aromatic N) is 1. The van der Waals surface area contributed by atoms with Crippen LogP contribution in [0.15, 0.2) is 24.3 Å². The molecule has 0 aliphatic carbocycles. The van der Waals surface area contributed by atoms with Crippen molar-refractivity contribution in [3.8, 4) is 0 Å². The standard InChI is InChI=1S/C13H17NO/c1-10(15)6-11-4-3-5-12(7-11)13-8-14(2)9-13/h3-5,7,13H,6,8-9H2,1-2H3. The molecule has 1 fully saturated rings. The molecule has 1 heterocycles. The first-order chi connectivity index (χ1) is 7.15. The van der Waals surface area contributed by atoms with Crippen molar-refractivity contribution in [3.05, 3.63) is 35.4 Å². The van der Waals surface area contributed by atoms with Crippen molar-refractivity contribution < 1.29 is 4.79 Å². The average Bonchev–Trinajstić information content (AvgIpc) is 2.12. The van der Waals surface area contributed by atoms with E-state index < -0.39 is 0 Å². The Hall–Kier alpha value is -1.15. The van der Waals surface area contributed by atoms with Crippen molar-refractivity contribution in [2.45, 2.75) is 19.3 Å². The summed E-state index contributed by atoms with van der Waals surface area (Å²) in [5.41, 5.74) is 2.53. The van der Waals surface area contributed by atoms with E-state index in [1.54, 1.807) is 6.92 Å². The molecule has 1 aliphatic heterocycles. The predicted molar refractivity (Wildman–Crippen MR) is 61.1 cm³/mol. The van der Waals surface area contributed by atoms with Crippen molar-refractivity contribution in [3.63, 3.8) is 0 Å². The lowest BCUT2D eigenvalue weighted by Crippen LogP contribution is -2.41.